The van der Waals surface area contributed by atoms with E-state index in [1.54, 1.807) is 18.7 Å². The van der Waals surface area contributed by atoms with Gasteiger partial charge in [0.1, 0.15) is 26.9 Å². The zero-order chi connectivity index (χ0) is 33.7. The number of unbranched alkanes of at least 4 members (excludes halogenated alkanes) is 2. The van der Waals surface area contributed by atoms with Crippen LogP contribution in [0, 0.1) is 0 Å². The Morgan fingerprint density at radius 3 is 2.36 bits per heavy atom. The Hall–Kier alpha value is -3.74. The van der Waals surface area contributed by atoms with Gasteiger partial charge >= 0.3 is 12.1 Å². The Kier molecular flexibility index (Phi) is 9.02. The summed E-state index contributed by atoms with van der Waals surface area (Å²) in [6.45, 7) is 7.15. The molecule has 0 N–H and O–H groups in total. The summed E-state index contributed by atoms with van der Waals surface area (Å²) in [4.78, 5) is 42.5. The van der Waals surface area contributed by atoms with E-state index in [2.05, 4.69) is 11.4 Å². The fraction of sp³-hybridized carbons (Fsp3) is 0.444. The van der Waals surface area contributed by atoms with Gasteiger partial charge in [0.15, 0.2) is 0 Å². The van der Waals surface area contributed by atoms with Crippen LogP contribution in [0.1, 0.15) is 57.1 Å². The van der Waals surface area contributed by atoms with Gasteiger partial charge < -0.3 is 23.6 Å². The quantitative estimate of drug-likeness (QED) is 0.200. The van der Waals surface area contributed by atoms with Crippen LogP contribution in [0.3, 0.4) is 0 Å². The number of imide groups is 1. The number of anilines is 1. The minimum atomic E-state index is -5.12. The van der Waals surface area contributed by atoms with E-state index >= 15 is 0 Å². The molecule has 3 aliphatic heterocycles. The van der Waals surface area contributed by atoms with Crippen molar-refractivity contribution < 1.29 is 63.1 Å². The molecule has 3 heterocycles. The van der Waals surface area contributed by atoms with Crippen molar-refractivity contribution >= 4 is 54.9 Å². The van der Waals surface area contributed by atoms with Crippen molar-refractivity contribution in [1.29, 1.82) is 0 Å². The van der Waals surface area contributed by atoms with Gasteiger partial charge in [0, 0.05) is 35.8 Å². The Morgan fingerprint density at radius 1 is 1.11 bits per heavy atom. The standard InChI is InChI=1S/C27H29F3N2O11S2/c1-15-9-19(27(28,29)30)18-10-17-16(14-44(36,37)38)13-26(2,3)31(20(17)11-21(18)42-15)8-6-4-5-7-24(34)43-32-23(33)12-22(25(32)35)45(39,40)41/h9-11,13,22H,1,4-8,12,14H2,2-3H3,(H,36,37,38)(H,39,40,41)/p-2. The smallest absolute Gasteiger partial charge is 0.417 e. The van der Waals surface area contributed by atoms with Crippen LogP contribution < -0.4 is 9.64 Å². The maximum absolute atomic E-state index is 13.9. The summed E-state index contributed by atoms with van der Waals surface area (Å²) in [5.41, 5.74) is -1.90. The normalized spacial score (nSPS) is 19.9. The molecule has 0 radical (unpaired) electrons. The molecule has 1 atom stereocenters. The number of alkyl halides is 3. The highest BCUT2D eigenvalue weighted by molar-refractivity contribution is 7.87. The second kappa shape index (κ2) is 11.9. The molecule has 1 fully saturated rings. The van der Waals surface area contributed by atoms with E-state index in [0.717, 1.165) is 12.1 Å². The molecule has 0 spiro atoms. The minimum Gasteiger partial charge on any atom is -0.748 e. The molecule has 1 aromatic rings. The summed E-state index contributed by atoms with van der Waals surface area (Å²) in [5.74, 6) is -4.99. The van der Waals surface area contributed by atoms with Gasteiger partial charge in [-0.1, -0.05) is 19.1 Å². The number of nitrogens with zero attached hydrogens (tertiary/aromatic N) is 2. The van der Waals surface area contributed by atoms with Crippen molar-refractivity contribution in [3.8, 4) is 5.75 Å². The van der Waals surface area contributed by atoms with Gasteiger partial charge in [-0.3, -0.25) is 9.59 Å². The molecule has 0 aliphatic carbocycles. The van der Waals surface area contributed by atoms with E-state index < -0.39 is 72.7 Å². The predicted molar refractivity (Wildman–Crippen MR) is 149 cm³/mol. The van der Waals surface area contributed by atoms with Crippen LogP contribution in [-0.4, -0.2) is 78.1 Å². The van der Waals surface area contributed by atoms with Crippen LogP contribution in [0.25, 0.3) is 11.1 Å². The Balaban J connectivity index is 1.49. The van der Waals surface area contributed by atoms with Crippen molar-refractivity contribution in [3.05, 3.63) is 47.7 Å². The number of fused-ring (bicyclic) bond motifs is 2. The number of halogens is 3. The third-order valence-corrected chi connectivity index (χ3v) is 9.03. The van der Waals surface area contributed by atoms with Gasteiger partial charge in [0.2, 0.25) is 0 Å². The lowest BCUT2D eigenvalue weighted by atomic mass is 9.86. The number of rotatable bonds is 10. The minimum absolute atomic E-state index is 0.0238. The predicted octanol–water partition coefficient (Wildman–Crippen LogP) is 2.76. The number of amides is 2. The van der Waals surface area contributed by atoms with E-state index in [0.29, 0.717) is 18.5 Å². The number of carbonyl (C=O) groups is 3. The topological polar surface area (TPSA) is 191 Å². The average molecular weight is 677 g/mol. The summed E-state index contributed by atoms with van der Waals surface area (Å²) in [6, 6.07) is 2.47. The molecule has 0 saturated carbocycles. The molecule has 0 aromatic heterocycles. The van der Waals surface area contributed by atoms with E-state index in [-0.39, 0.29) is 52.7 Å². The van der Waals surface area contributed by atoms with Crippen molar-refractivity contribution in [2.24, 2.45) is 0 Å². The van der Waals surface area contributed by atoms with Crippen molar-refractivity contribution in [2.45, 2.75) is 62.9 Å². The highest BCUT2D eigenvalue weighted by atomic mass is 32.2. The van der Waals surface area contributed by atoms with Gasteiger partial charge in [-0.2, -0.15) is 13.2 Å². The first-order valence-corrected chi connectivity index (χ1v) is 16.4. The molecule has 0 bridgehead atoms. The molecule has 246 valence electrons. The maximum atomic E-state index is 13.9. The molecule has 1 unspecified atom stereocenters. The molecular formula is C27H27F3N2O11S2-2. The van der Waals surface area contributed by atoms with E-state index in [1.165, 1.54) is 12.1 Å². The van der Waals surface area contributed by atoms with Gasteiger partial charge in [-0.25, -0.2) is 21.6 Å². The third kappa shape index (κ3) is 7.57. The number of ether oxygens (including phenoxy) is 1. The van der Waals surface area contributed by atoms with E-state index in [9.17, 15) is 53.5 Å². The number of benzene rings is 1. The molecule has 1 aromatic carbocycles. The molecule has 1 saturated heterocycles. The Morgan fingerprint density at radius 2 is 1.78 bits per heavy atom. The average Bonchev–Trinajstić information content (AvgIpc) is 3.15. The van der Waals surface area contributed by atoms with Crippen molar-refractivity contribution in [1.82, 2.24) is 5.06 Å². The lowest BCUT2D eigenvalue weighted by molar-refractivity contribution is -0.197. The van der Waals surface area contributed by atoms with Crippen LogP contribution in [-0.2, 0) is 39.5 Å². The van der Waals surface area contributed by atoms with Crippen LogP contribution >= 0.6 is 0 Å². The van der Waals surface area contributed by atoms with Crippen LogP contribution in [0.2, 0.25) is 0 Å². The first-order chi connectivity index (χ1) is 20.6. The first kappa shape index (κ1) is 34.1. The SMILES string of the molecule is C=C1C=C(C(F)(F)F)c2cc3c(cc2O1)N(CCCCCC(=O)ON1C(=O)CC(S(=O)(=O)[O-])C1=O)C(C)(C)C=C3CS(=O)(=O)[O-]. The van der Waals surface area contributed by atoms with Gasteiger partial charge in [-0.05, 0) is 44.4 Å². The summed E-state index contributed by atoms with van der Waals surface area (Å²) in [7, 11) is -9.94. The molecule has 45 heavy (non-hydrogen) atoms. The van der Waals surface area contributed by atoms with Crippen LogP contribution in [0.4, 0.5) is 18.9 Å². The third-order valence-electron chi connectivity index (χ3n) is 7.30. The number of hydrogen-bond donors (Lipinski definition) is 0. The van der Waals surface area contributed by atoms with Gasteiger partial charge in [0.25, 0.3) is 11.8 Å². The first-order valence-electron chi connectivity index (χ1n) is 13.4. The zero-order valence-electron chi connectivity index (χ0n) is 23.9. The lowest BCUT2D eigenvalue weighted by Crippen LogP contribution is -2.46. The summed E-state index contributed by atoms with van der Waals surface area (Å²) in [6.07, 6.45) is -2.86. The fourth-order valence-corrected chi connectivity index (χ4v) is 6.68. The Bertz CT molecular complexity index is 1750. The number of allylic oxidation sites excluding steroid dienone is 2. The molecule has 13 nitrogen and oxygen atoms in total. The molecule has 3 aliphatic rings. The Labute approximate surface area is 256 Å². The number of hydroxylamine groups is 2. The van der Waals surface area contributed by atoms with Gasteiger partial charge in [0.05, 0.1) is 33.4 Å². The monoisotopic (exact) mass is 676 g/mol. The number of carbonyl (C=O) groups excluding carboxylic acids is 3. The van der Waals surface area contributed by atoms with E-state index in [4.69, 9.17) is 4.74 Å². The summed E-state index contributed by atoms with van der Waals surface area (Å²) in [5, 5.41) is -2.19. The van der Waals surface area contributed by atoms with Crippen LogP contribution in [0.15, 0.2) is 36.6 Å². The lowest BCUT2D eigenvalue weighted by Gasteiger charge is -2.44. The second-order valence-electron chi connectivity index (χ2n) is 11.2. The maximum Gasteiger partial charge on any atom is 0.417 e. The molecule has 18 heteroatoms. The largest absolute Gasteiger partial charge is 0.748 e. The fourth-order valence-electron chi connectivity index (χ4n) is 5.37. The van der Waals surface area contributed by atoms with Crippen LogP contribution in [0.5, 0.6) is 5.75 Å². The highest BCUT2D eigenvalue weighted by Gasteiger charge is 2.45. The summed E-state index contributed by atoms with van der Waals surface area (Å²) >= 11 is 0. The number of hydrogen-bond acceptors (Lipinski definition) is 12. The van der Waals surface area contributed by atoms with Crippen molar-refractivity contribution in [2.75, 3.05) is 17.2 Å². The zero-order valence-corrected chi connectivity index (χ0v) is 25.5. The van der Waals surface area contributed by atoms with E-state index in [1.807, 2.05) is 0 Å². The second-order valence-corrected chi connectivity index (χ2v) is 14.1. The molecular weight excluding hydrogens is 649 g/mol. The molecule has 2 amide bonds. The molecule has 4 rings (SSSR count). The van der Waals surface area contributed by atoms with Crippen molar-refractivity contribution in [3.63, 3.8) is 0 Å². The summed E-state index contributed by atoms with van der Waals surface area (Å²) < 4.78 is 116. The van der Waals surface area contributed by atoms with Gasteiger partial charge in [-0.15, -0.1) is 5.06 Å². The highest BCUT2D eigenvalue weighted by Crippen LogP contribution is 2.49.